The van der Waals surface area contributed by atoms with E-state index in [4.69, 9.17) is 4.42 Å². The molecule has 3 aromatic rings. The van der Waals surface area contributed by atoms with Crippen molar-refractivity contribution < 1.29 is 17.6 Å². The molecule has 1 unspecified atom stereocenters. The molecule has 29 heavy (non-hydrogen) atoms. The highest BCUT2D eigenvalue weighted by atomic mass is 32.2. The fourth-order valence-corrected chi connectivity index (χ4v) is 4.22. The number of hydrogen-bond acceptors (Lipinski definition) is 5. The Morgan fingerprint density at radius 1 is 1.10 bits per heavy atom. The highest BCUT2D eigenvalue weighted by Crippen LogP contribution is 2.19. The molecule has 0 aliphatic carbocycles. The number of anilines is 1. The lowest BCUT2D eigenvalue weighted by Gasteiger charge is -2.21. The predicted octanol–water partition coefficient (Wildman–Crippen LogP) is 2.38. The van der Waals surface area contributed by atoms with Crippen molar-refractivity contribution >= 4 is 32.7 Å². The van der Waals surface area contributed by atoms with Crippen molar-refractivity contribution in [2.24, 2.45) is 13.0 Å². The molecule has 154 valence electrons. The zero-order valence-corrected chi connectivity index (χ0v) is 17.4. The van der Waals surface area contributed by atoms with Crippen LogP contribution in [-0.4, -0.2) is 24.9 Å². The van der Waals surface area contributed by atoms with Crippen LogP contribution in [0.1, 0.15) is 19.4 Å². The Morgan fingerprint density at radius 3 is 2.38 bits per heavy atom. The lowest BCUT2D eigenvalue weighted by atomic mass is 10.0. The third-order valence-electron chi connectivity index (χ3n) is 4.62. The van der Waals surface area contributed by atoms with Gasteiger partial charge in [0.25, 0.3) is 0 Å². The summed E-state index contributed by atoms with van der Waals surface area (Å²) in [7, 11) is -2.49. The fourth-order valence-electron chi connectivity index (χ4n) is 2.87. The molecule has 3 rings (SSSR count). The van der Waals surface area contributed by atoms with Crippen LogP contribution in [-0.2, 0) is 21.9 Å². The van der Waals surface area contributed by atoms with Gasteiger partial charge in [0, 0.05) is 18.8 Å². The molecule has 1 aromatic heterocycles. The van der Waals surface area contributed by atoms with Crippen LogP contribution >= 0.6 is 0 Å². The molecule has 0 radical (unpaired) electrons. The molecule has 0 spiro atoms. The van der Waals surface area contributed by atoms with Gasteiger partial charge in [-0.1, -0.05) is 31.5 Å². The van der Waals surface area contributed by atoms with Crippen molar-refractivity contribution in [3.8, 4) is 0 Å². The van der Waals surface area contributed by atoms with E-state index in [9.17, 15) is 18.0 Å². The minimum Gasteiger partial charge on any atom is -0.408 e. The van der Waals surface area contributed by atoms with Gasteiger partial charge in [0.15, 0.2) is 5.58 Å². The van der Waals surface area contributed by atoms with Crippen LogP contribution in [0.3, 0.4) is 0 Å². The second-order valence-corrected chi connectivity index (χ2v) is 8.97. The summed E-state index contributed by atoms with van der Waals surface area (Å²) in [6, 6.07) is 10.4. The van der Waals surface area contributed by atoms with E-state index in [1.54, 1.807) is 26.0 Å². The Bertz CT molecular complexity index is 1210. The van der Waals surface area contributed by atoms with E-state index in [-0.39, 0.29) is 16.4 Å². The number of fused-ring (bicyclic) bond motifs is 1. The van der Waals surface area contributed by atoms with Crippen LogP contribution in [0.15, 0.2) is 56.6 Å². The van der Waals surface area contributed by atoms with E-state index < -0.39 is 27.7 Å². The number of amides is 1. The number of aryl methyl sites for hydroxylation is 2. The Kier molecular flexibility index (Phi) is 5.63. The number of rotatable bonds is 6. The molecule has 1 atom stereocenters. The smallest absolute Gasteiger partial charge is 0.408 e. The highest BCUT2D eigenvalue weighted by molar-refractivity contribution is 7.89. The molecule has 0 saturated heterocycles. The number of nitrogens with zero attached hydrogens (tertiary/aromatic N) is 1. The Balaban J connectivity index is 1.86. The van der Waals surface area contributed by atoms with Gasteiger partial charge in [-0.05, 0) is 37.1 Å². The zero-order valence-electron chi connectivity index (χ0n) is 16.6. The summed E-state index contributed by atoms with van der Waals surface area (Å²) in [6.45, 7) is 5.44. The van der Waals surface area contributed by atoms with Gasteiger partial charge in [0.2, 0.25) is 15.9 Å². The minimum atomic E-state index is -4.03. The molecule has 2 aromatic carbocycles. The maximum absolute atomic E-state index is 12.9. The van der Waals surface area contributed by atoms with Gasteiger partial charge >= 0.3 is 5.76 Å². The number of carbonyl (C=O) groups is 1. The highest BCUT2D eigenvalue weighted by Gasteiger charge is 2.29. The first-order valence-corrected chi connectivity index (χ1v) is 10.6. The summed E-state index contributed by atoms with van der Waals surface area (Å²) in [5, 5.41) is 2.74. The van der Waals surface area contributed by atoms with E-state index >= 15 is 0 Å². The van der Waals surface area contributed by atoms with Crippen molar-refractivity contribution in [3.63, 3.8) is 0 Å². The van der Waals surface area contributed by atoms with Gasteiger partial charge in [-0.3, -0.25) is 9.36 Å². The van der Waals surface area contributed by atoms with Crippen molar-refractivity contribution in [1.82, 2.24) is 9.29 Å². The van der Waals surface area contributed by atoms with Crippen LogP contribution in [0.5, 0.6) is 0 Å². The Morgan fingerprint density at radius 2 is 1.76 bits per heavy atom. The van der Waals surface area contributed by atoms with Gasteiger partial charge in [0.05, 0.1) is 10.4 Å². The molecule has 0 bridgehead atoms. The normalized spacial score (nSPS) is 13.0. The van der Waals surface area contributed by atoms with E-state index in [0.29, 0.717) is 11.2 Å². The molecule has 0 fully saturated rings. The topological polar surface area (TPSA) is 110 Å². The largest absolute Gasteiger partial charge is 0.419 e. The van der Waals surface area contributed by atoms with E-state index in [0.717, 1.165) is 5.56 Å². The summed E-state index contributed by atoms with van der Waals surface area (Å²) < 4.78 is 34.5. The van der Waals surface area contributed by atoms with Crippen LogP contribution < -0.4 is 15.8 Å². The maximum atomic E-state index is 12.9. The van der Waals surface area contributed by atoms with Gasteiger partial charge in [-0.25, -0.2) is 13.2 Å². The Hall–Kier alpha value is -2.91. The summed E-state index contributed by atoms with van der Waals surface area (Å²) in [6.07, 6.45) is 0. The van der Waals surface area contributed by atoms with Crippen molar-refractivity contribution in [3.05, 3.63) is 58.6 Å². The second-order valence-electron chi connectivity index (χ2n) is 7.25. The third-order valence-corrected chi connectivity index (χ3v) is 6.06. The van der Waals surface area contributed by atoms with Crippen LogP contribution in [0.4, 0.5) is 5.69 Å². The third kappa shape index (κ3) is 4.41. The first-order chi connectivity index (χ1) is 13.6. The number of aromatic nitrogens is 1. The number of benzene rings is 2. The van der Waals surface area contributed by atoms with Gasteiger partial charge in [-0.15, -0.1) is 0 Å². The molecule has 1 heterocycles. The molecular weight excluding hydrogens is 394 g/mol. The average molecular weight is 417 g/mol. The number of oxazole rings is 1. The number of hydrogen-bond donors (Lipinski definition) is 2. The summed E-state index contributed by atoms with van der Waals surface area (Å²) >= 11 is 0. The van der Waals surface area contributed by atoms with Crippen molar-refractivity contribution in [1.29, 1.82) is 0 Å². The molecule has 9 heteroatoms. The monoisotopic (exact) mass is 417 g/mol. The predicted molar refractivity (Wildman–Crippen MR) is 110 cm³/mol. The van der Waals surface area contributed by atoms with E-state index in [1.807, 2.05) is 19.1 Å². The summed E-state index contributed by atoms with van der Waals surface area (Å²) in [5.41, 5.74) is 2.27. The van der Waals surface area contributed by atoms with Gasteiger partial charge in [0.1, 0.15) is 6.04 Å². The van der Waals surface area contributed by atoms with Crippen LogP contribution in [0, 0.1) is 12.8 Å². The summed E-state index contributed by atoms with van der Waals surface area (Å²) in [5.74, 6) is -1.34. The van der Waals surface area contributed by atoms with Crippen molar-refractivity contribution in [2.75, 3.05) is 5.32 Å². The Labute approximate surface area is 168 Å². The SMILES string of the molecule is Cc1ccc(NC(=O)C(NS(=O)(=O)c2ccc3c(c2)oc(=O)n3C)C(C)C)cc1. The van der Waals surface area contributed by atoms with Crippen LogP contribution in [0.2, 0.25) is 0 Å². The molecule has 2 N–H and O–H groups in total. The van der Waals surface area contributed by atoms with Gasteiger partial charge < -0.3 is 9.73 Å². The van der Waals surface area contributed by atoms with Crippen molar-refractivity contribution in [2.45, 2.75) is 31.7 Å². The first kappa shape index (κ1) is 20.8. The maximum Gasteiger partial charge on any atom is 0.419 e. The summed E-state index contributed by atoms with van der Waals surface area (Å²) in [4.78, 5) is 24.2. The lowest BCUT2D eigenvalue weighted by molar-refractivity contribution is -0.118. The molecule has 0 aliphatic heterocycles. The molecular formula is C20H23N3O5S. The fraction of sp³-hybridized carbons (Fsp3) is 0.300. The lowest BCUT2D eigenvalue weighted by Crippen LogP contribution is -2.47. The molecule has 1 amide bonds. The number of carbonyl (C=O) groups excluding carboxylic acids is 1. The van der Waals surface area contributed by atoms with E-state index in [1.165, 1.54) is 29.8 Å². The quantitative estimate of drug-likeness (QED) is 0.640. The molecule has 0 aliphatic rings. The van der Waals surface area contributed by atoms with Crippen LogP contribution in [0.25, 0.3) is 11.1 Å². The minimum absolute atomic E-state index is 0.0897. The zero-order chi connectivity index (χ0) is 21.3. The standard InChI is InChI=1S/C20H23N3O5S/c1-12(2)18(19(24)21-14-7-5-13(3)6-8-14)22-29(26,27)15-9-10-16-17(11-15)28-20(25)23(16)4/h5-12,18,22H,1-4H3,(H,21,24). The second kappa shape index (κ2) is 7.84. The first-order valence-electron chi connectivity index (χ1n) is 9.08. The molecule has 0 saturated carbocycles. The number of sulfonamides is 1. The average Bonchev–Trinajstić information content (AvgIpc) is 2.95. The van der Waals surface area contributed by atoms with E-state index in [2.05, 4.69) is 10.0 Å². The molecule has 8 nitrogen and oxygen atoms in total. The number of nitrogens with one attached hydrogen (secondary N) is 2. The van der Waals surface area contributed by atoms with Gasteiger partial charge in [-0.2, -0.15) is 4.72 Å².